The van der Waals surface area contributed by atoms with Crippen molar-refractivity contribution in [2.24, 2.45) is 0 Å². The van der Waals surface area contributed by atoms with E-state index >= 15 is 0 Å². The van der Waals surface area contributed by atoms with Gasteiger partial charge in [0.15, 0.2) is 6.10 Å². The van der Waals surface area contributed by atoms with E-state index in [1.807, 2.05) is 39.0 Å². The van der Waals surface area contributed by atoms with E-state index in [9.17, 15) is 9.59 Å². The van der Waals surface area contributed by atoms with Gasteiger partial charge in [-0.25, -0.2) is 4.79 Å². The minimum absolute atomic E-state index is 0.289. The number of rotatable bonds is 5. The summed E-state index contributed by atoms with van der Waals surface area (Å²) in [5.41, 5.74) is 4.06. The summed E-state index contributed by atoms with van der Waals surface area (Å²) in [6, 6.07) is 10.7. The third-order valence-corrected chi connectivity index (χ3v) is 4.08. The molecule has 2 aromatic rings. The van der Waals surface area contributed by atoms with Gasteiger partial charge in [0.1, 0.15) is 5.75 Å². The molecule has 0 aliphatic heterocycles. The van der Waals surface area contributed by atoms with E-state index in [1.165, 1.54) is 12.7 Å². The van der Waals surface area contributed by atoms with Crippen LogP contribution < -0.4 is 10.1 Å². The second-order valence-corrected chi connectivity index (χ2v) is 6.02. The third-order valence-electron chi connectivity index (χ3n) is 4.08. The number of amides is 1. The van der Waals surface area contributed by atoms with Crippen LogP contribution in [0.25, 0.3) is 0 Å². The maximum absolute atomic E-state index is 12.4. The lowest BCUT2D eigenvalue weighted by molar-refractivity contribution is -0.122. The lowest BCUT2D eigenvalue weighted by atomic mass is 10.1. The molecule has 2 rings (SSSR count). The van der Waals surface area contributed by atoms with Crippen molar-refractivity contribution in [3.8, 4) is 5.75 Å². The molecule has 0 spiro atoms. The number of methoxy groups -OCH3 is 1. The smallest absolute Gasteiger partial charge is 0.337 e. The first-order valence-corrected chi connectivity index (χ1v) is 8.05. The summed E-state index contributed by atoms with van der Waals surface area (Å²) in [5.74, 6) is -0.0935. The van der Waals surface area contributed by atoms with E-state index in [4.69, 9.17) is 9.47 Å². The molecule has 0 bridgehead atoms. The zero-order valence-corrected chi connectivity index (χ0v) is 15.2. The van der Waals surface area contributed by atoms with Gasteiger partial charge >= 0.3 is 5.97 Å². The lowest BCUT2D eigenvalue weighted by Gasteiger charge is -2.17. The van der Waals surface area contributed by atoms with Crippen LogP contribution in [0, 0.1) is 20.8 Å². The highest BCUT2D eigenvalue weighted by atomic mass is 16.5. The molecule has 0 radical (unpaired) electrons. The van der Waals surface area contributed by atoms with Crippen molar-refractivity contribution >= 4 is 17.6 Å². The molecule has 0 heterocycles. The maximum atomic E-state index is 12.4. The second kappa shape index (κ2) is 7.83. The van der Waals surface area contributed by atoms with E-state index in [-0.39, 0.29) is 5.91 Å². The number of carbonyl (C=O) groups is 2. The molecule has 5 heteroatoms. The van der Waals surface area contributed by atoms with Crippen molar-refractivity contribution in [3.05, 3.63) is 58.7 Å². The quantitative estimate of drug-likeness (QED) is 0.840. The van der Waals surface area contributed by atoms with Gasteiger partial charge in [-0.1, -0.05) is 12.1 Å². The number of nitrogens with one attached hydrogen (secondary N) is 1. The Hall–Kier alpha value is -2.82. The van der Waals surface area contributed by atoms with Gasteiger partial charge in [-0.2, -0.15) is 0 Å². The zero-order valence-electron chi connectivity index (χ0n) is 15.2. The van der Waals surface area contributed by atoms with Crippen LogP contribution in [0.2, 0.25) is 0 Å². The Kier molecular flexibility index (Phi) is 5.80. The van der Waals surface area contributed by atoms with E-state index < -0.39 is 12.1 Å². The first kappa shape index (κ1) is 18.5. The van der Waals surface area contributed by atoms with Gasteiger partial charge in [-0.05, 0) is 68.7 Å². The molecule has 2 aromatic carbocycles. The summed E-state index contributed by atoms with van der Waals surface area (Å²) in [7, 11) is 1.32. The monoisotopic (exact) mass is 341 g/mol. The van der Waals surface area contributed by atoms with Crippen molar-refractivity contribution in [3.63, 3.8) is 0 Å². The molecule has 0 aromatic heterocycles. The summed E-state index contributed by atoms with van der Waals surface area (Å²) in [4.78, 5) is 24.1. The molecule has 0 aliphatic carbocycles. The normalized spacial score (nSPS) is 11.6. The Morgan fingerprint density at radius 2 is 1.64 bits per heavy atom. The van der Waals surface area contributed by atoms with Gasteiger partial charge in [0, 0.05) is 5.69 Å². The summed E-state index contributed by atoms with van der Waals surface area (Å²) < 4.78 is 10.4. The van der Waals surface area contributed by atoms with Crippen molar-refractivity contribution in [1.82, 2.24) is 0 Å². The number of esters is 1. The maximum Gasteiger partial charge on any atom is 0.337 e. The van der Waals surface area contributed by atoms with E-state index in [0.29, 0.717) is 17.0 Å². The fraction of sp³-hybridized carbons (Fsp3) is 0.300. The Morgan fingerprint density at radius 3 is 2.28 bits per heavy atom. The predicted molar refractivity (Wildman–Crippen MR) is 97.2 cm³/mol. The second-order valence-electron chi connectivity index (χ2n) is 6.02. The molecule has 0 fully saturated rings. The number of carbonyl (C=O) groups excluding carboxylic acids is 2. The largest absolute Gasteiger partial charge is 0.481 e. The molecule has 1 amide bonds. The average Bonchev–Trinajstić information content (AvgIpc) is 2.59. The average molecular weight is 341 g/mol. The number of anilines is 1. The molecule has 0 saturated heterocycles. The molecule has 5 nitrogen and oxygen atoms in total. The molecular weight excluding hydrogens is 318 g/mol. The number of benzene rings is 2. The van der Waals surface area contributed by atoms with Crippen LogP contribution in [-0.2, 0) is 9.53 Å². The zero-order chi connectivity index (χ0) is 18.6. The van der Waals surface area contributed by atoms with Crippen molar-refractivity contribution < 1.29 is 19.1 Å². The fourth-order valence-electron chi connectivity index (χ4n) is 2.28. The SMILES string of the molecule is COC(=O)c1ccc(C)c(NC(=O)[C@@H](C)Oc2ccc(C)c(C)c2)c1. The van der Waals surface area contributed by atoms with Crippen LogP contribution in [0.1, 0.15) is 34.0 Å². The van der Waals surface area contributed by atoms with Gasteiger partial charge in [0.05, 0.1) is 12.7 Å². The Balaban J connectivity index is 2.10. The molecule has 1 N–H and O–H groups in total. The minimum Gasteiger partial charge on any atom is -0.481 e. The van der Waals surface area contributed by atoms with Gasteiger partial charge in [-0.15, -0.1) is 0 Å². The highest BCUT2D eigenvalue weighted by Gasteiger charge is 2.17. The summed E-state index contributed by atoms with van der Waals surface area (Å²) in [5, 5.41) is 2.80. The summed E-state index contributed by atoms with van der Waals surface area (Å²) in [6.07, 6.45) is -0.678. The van der Waals surface area contributed by atoms with E-state index in [1.54, 1.807) is 25.1 Å². The lowest BCUT2D eigenvalue weighted by Crippen LogP contribution is -2.30. The topological polar surface area (TPSA) is 64.6 Å². The van der Waals surface area contributed by atoms with Crippen LogP contribution in [0.3, 0.4) is 0 Å². The molecular formula is C20H23NO4. The fourth-order valence-corrected chi connectivity index (χ4v) is 2.28. The van der Waals surface area contributed by atoms with Crippen LogP contribution >= 0.6 is 0 Å². The van der Waals surface area contributed by atoms with E-state index in [2.05, 4.69) is 5.32 Å². The molecule has 25 heavy (non-hydrogen) atoms. The number of hydrogen-bond donors (Lipinski definition) is 1. The Labute approximate surface area is 148 Å². The molecule has 132 valence electrons. The predicted octanol–water partition coefficient (Wildman–Crippen LogP) is 3.80. The van der Waals surface area contributed by atoms with Gasteiger partial charge in [-0.3, -0.25) is 4.79 Å². The van der Waals surface area contributed by atoms with Gasteiger partial charge in [0.25, 0.3) is 5.91 Å². The Morgan fingerprint density at radius 1 is 0.960 bits per heavy atom. The van der Waals surface area contributed by atoms with E-state index in [0.717, 1.165) is 11.1 Å². The number of hydrogen-bond acceptors (Lipinski definition) is 4. The third kappa shape index (κ3) is 4.59. The van der Waals surface area contributed by atoms with Crippen LogP contribution in [0.4, 0.5) is 5.69 Å². The van der Waals surface area contributed by atoms with Crippen molar-refractivity contribution in [2.45, 2.75) is 33.8 Å². The highest BCUT2D eigenvalue weighted by molar-refractivity contribution is 5.97. The first-order valence-electron chi connectivity index (χ1n) is 8.05. The first-order chi connectivity index (χ1) is 11.8. The molecule has 0 unspecified atom stereocenters. The van der Waals surface area contributed by atoms with Crippen LogP contribution in [-0.4, -0.2) is 25.1 Å². The highest BCUT2D eigenvalue weighted by Crippen LogP contribution is 2.20. The van der Waals surface area contributed by atoms with Crippen molar-refractivity contribution in [2.75, 3.05) is 12.4 Å². The van der Waals surface area contributed by atoms with Crippen LogP contribution in [0.15, 0.2) is 36.4 Å². The van der Waals surface area contributed by atoms with Crippen molar-refractivity contribution in [1.29, 1.82) is 0 Å². The Bertz CT molecular complexity index is 798. The van der Waals surface area contributed by atoms with Gasteiger partial charge < -0.3 is 14.8 Å². The van der Waals surface area contributed by atoms with Gasteiger partial charge in [0.2, 0.25) is 0 Å². The summed E-state index contributed by atoms with van der Waals surface area (Å²) in [6.45, 7) is 7.55. The number of ether oxygens (including phenoxy) is 2. The molecule has 0 aliphatic rings. The molecule has 0 saturated carbocycles. The number of aryl methyl sites for hydroxylation is 3. The molecule has 1 atom stereocenters. The minimum atomic E-state index is -0.678. The summed E-state index contributed by atoms with van der Waals surface area (Å²) >= 11 is 0. The van der Waals surface area contributed by atoms with Crippen LogP contribution in [0.5, 0.6) is 5.75 Å². The standard InChI is InChI=1S/C20H23NO4/c1-12-7-9-17(10-14(12)3)25-15(4)19(22)21-18-11-16(20(23)24-5)8-6-13(18)2/h6-11,15H,1-5H3,(H,21,22)/t15-/m1/s1.